The van der Waals surface area contributed by atoms with Crippen molar-refractivity contribution >= 4 is 22.6 Å². The molecule has 27 heavy (non-hydrogen) atoms. The van der Waals surface area contributed by atoms with E-state index in [2.05, 4.69) is 48.4 Å². The highest BCUT2D eigenvalue weighted by Gasteiger charge is 2.10. The van der Waals surface area contributed by atoms with Crippen molar-refractivity contribution in [2.24, 2.45) is 0 Å². The van der Waals surface area contributed by atoms with Crippen LogP contribution < -0.4 is 10.1 Å². The van der Waals surface area contributed by atoms with Gasteiger partial charge in [0.15, 0.2) is 0 Å². The summed E-state index contributed by atoms with van der Waals surface area (Å²) >= 11 is 1.47. The van der Waals surface area contributed by atoms with Crippen LogP contribution in [0.5, 0.6) is 5.75 Å². The normalized spacial score (nSPS) is 11.1. The Labute approximate surface area is 163 Å². The first-order valence-corrected chi connectivity index (χ1v) is 9.62. The van der Waals surface area contributed by atoms with E-state index in [0.29, 0.717) is 17.2 Å². The summed E-state index contributed by atoms with van der Waals surface area (Å²) in [6, 6.07) is 16.2. The number of allylic oxidation sites excluding steroid dienone is 1. The molecule has 0 radical (unpaired) electrons. The lowest BCUT2D eigenvalue weighted by molar-refractivity contribution is 0.340. The highest BCUT2D eigenvalue weighted by Crippen LogP contribution is 2.28. The summed E-state index contributed by atoms with van der Waals surface area (Å²) in [6.07, 6.45) is 1.69. The van der Waals surface area contributed by atoms with E-state index in [1.165, 1.54) is 22.5 Å². The summed E-state index contributed by atoms with van der Waals surface area (Å²) in [5.41, 5.74) is 5.79. The Morgan fingerprint density at radius 2 is 2.00 bits per heavy atom. The zero-order valence-corrected chi connectivity index (χ0v) is 16.4. The van der Waals surface area contributed by atoms with Gasteiger partial charge in [0.1, 0.15) is 22.4 Å². The zero-order valence-electron chi connectivity index (χ0n) is 15.6. The van der Waals surface area contributed by atoms with Crippen molar-refractivity contribution in [3.8, 4) is 23.1 Å². The van der Waals surface area contributed by atoms with Crippen molar-refractivity contribution in [2.45, 2.75) is 20.8 Å². The van der Waals surface area contributed by atoms with E-state index in [1.54, 1.807) is 6.20 Å². The topological polar surface area (TPSA) is 57.9 Å². The van der Waals surface area contributed by atoms with Crippen molar-refractivity contribution in [3.63, 3.8) is 0 Å². The molecule has 3 rings (SSSR count). The largest absolute Gasteiger partial charge is 0.494 e. The molecule has 0 aliphatic rings. The zero-order chi connectivity index (χ0) is 19.2. The number of anilines is 1. The number of nitriles is 1. The molecule has 136 valence electrons. The number of nitrogens with zero attached hydrogens (tertiary/aromatic N) is 2. The van der Waals surface area contributed by atoms with Gasteiger partial charge in [0, 0.05) is 22.8 Å². The Morgan fingerprint density at radius 3 is 2.67 bits per heavy atom. The second kappa shape index (κ2) is 8.52. The number of aromatic nitrogens is 1. The number of aryl methyl sites for hydroxylation is 2. The van der Waals surface area contributed by atoms with Gasteiger partial charge in [-0.1, -0.05) is 23.8 Å². The minimum atomic E-state index is 0.505. The van der Waals surface area contributed by atoms with Crippen LogP contribution in [0.15, 0.2) is 54.0 Å². The molecule has 4 nitrogen and oxygen atoms in total. The van der Waals surface area contributed by atoms with Crippen LogP contribution in [0.3, 0.4) is 0 Å². The summed E-state index contributed by atoms with van der Waals surface area (Å²) in [5.74, 6) is 0.825. The molecule has 0 amide bonds. The Balaban J connectivity index is 1.78. The number of ether oxygens (including phenoxy) is 1. The molecule has 3 aromatic rings. The van der Waals surface area contributed by atoms with E-state index in [4.69, 9.17) is 4.74 Å². The van der Waals surface area contributed by atoms with Crippen LogP contribution in [0.2, 0.25) is 0 Å². The van der Waals surface area contributed by atoms with E-state index in [-0.39, 0.29) is 0 Å². The number of rotatable bonds is 6. The Bertz CT molecular complexity index is 997. The van der Waals surface area contributed by atoms with Crippen molar-refractivity contribution in [2.75, 3.05) is 11.9 Å². The number of hydrogen-bond donors (Lipinski definition) is 1. The van der Waals surface area contributed by atoms with Crippen molar-refractivity contribution in [1.82, 2.24) is 4.98 Å². The molecular weight excluding hydrogens is 354 g/mol. The number of hydrogen-bond acceptors (Lipinski definition) is 5. The molecule has 0 fully saturated rings. The summed E-state index contributed by atoms with van der Waals surface area (Å²) in [6.45, 7) is 6.74. The van der Waals surface area contributed by atoms with Crippen molar-refractivity contribution < 1.29 is 4.74 Å². The van der Waals surface area contributed by atoms with Crippen LogP contribution in [-0.4, -0.2) is 11.6 Å². The third-order valence-corrected chi connectivity index (χ3v) is 4.94. The lowest BCUT2D eigenvalue weighted by atomic mass is 10.0. The number of thiazole rings is 1. The number of nitrogens with one attached hydrogen (secondary N) is 1. The van der Waals surface area contributed by atoms with Gasteiger partial charge in [-0.25, -0.2) is 4.98 Å². The van der Waals surface area contributed by atoms with Gasteiger partial charge in [0.05, 0.1) is 12.3 Å². The van der Waals surface area contributed by atoms with Crippen LogP contribution in [-0.2, 0) is 0 Å². The molecule has 2 aromatic carbocycles. The maximum absolute atomic E-state index is 9.53. The molecule has 0 aliphatic heterocycles. The molecule has 0 saturated heterocycles. The summed E-state index contributed by atoms with van der Waals surface area (Å²) in [4.78, 5) is 4.66. The van der Waals surface area contributed by atoms with E-state index in [9.17, 15) is 5.26 Å². The average Bonchev–Trinajstić information content (AvgIpc) is 3.13. The second-order valence-corrected chi connectivity index (χ2v) is 6.99. The van der Waals surface area contributed by atoms with Crippen LogP contribution in [0.1, 0.15) is 23.1 Å². The van der Waals surface area contributed by atoms with E-state index in [1.807, 2.05) is 36.6 Å². The fraction of sp³-hybridized carbons (Fsp3) is 0.182. The summed E-state index contributed by atoms with van der Waals surface area (Å²) in [5, 5.41) is 15.4. The molecule has 0 saturated carbocycles. The average molecular weight is 375 g/mol. The van der Waals surface area contributed by atoms with E-state index >= 15 is 0 Å². The van der Waals surface area contributed by atoms with Gasteiger partial charge in [0.2, 0.25) is 0 Å². The van der Waals surface area contributed by atoms with Gasteiger partial charge in [0.25, 0.3) is 0 Å². The minimum Gasteiger partial charge on any atom is -0.494 e. The lowest BCUT2D eigenvalue weighted by Crippen LogP contribution is -1.93. The maximum atomic E-state index is 9.53. The Morgan fingerprint density at radius 1 is 1.22 bits per heavy atom. The van der Waals surface area contributed by atoms with Gasteiger partial charge in [-0.3, -0.25) is 0 Å². The Hall–Kier alpha value is -3.10. The Kier molecular flexibility index (Phi) is 5.90. The second-order valence-electron chi connectivity index (χ2n) is 6.13. The predicted molar refractivity (Wildman–Crippen MR) is 112 cm³/mol. The molecule has 0 atom stereocenters. The van der Waals surface area contributed by atoms with Crippen LogP contribution in [0, 0.1) is 25.2 Å². The fourth-order valence-corrected chi connectivity index (χ4v) is 3.52. The summed E-state index contributed by atoms with van der Waals surface area (Å²) in [7, 11) is 0. The minimum absolute atomic E-state index is 0.505. The third kappa shape index (κ3) is 4.55. The monoisotopic (exact) mass is 375 g/mol. The van der Waals surface area contributed by atoms with Crippen LogP contribution in [0.25, 0.3) is 16.8 Å². The molecule has 1 aromatic heterocycles. The lowest BCUT2D eigenvalue weighted by Gasteiger charge is -2.05. The molecule has 0 bridgehead atoms. The SMILES string of the molecule is CCOc1ccc(NC=C(C#N)c2nc(-c3ccc(C)cc3C)cs2)cc1. The number of benzene rings is 2. The first-order valence-electron chi connectivity index (χ1n) is 8.74. The highest BCUT2D eigenvalue weighted by molar-refractivity contribution is 7.11. The first-order chi connectivity index (χ1) is 13.1. The first kappa shape index (κ1) is 18.7. The van der Waals surface area contributed by atoms with Gasteiger partial charge < -0.3 is 10.1 Å². The fourth-order valence-electron chi connectivity index (χ4n) is 2.73. The molecule has 0 unspecified atom stereocenters. The van der Waals surface area contributed by atoms with Gasteiger partial charge in [-0.05, 0) is 50.6 Å². The van der Waals surface area contributed by atoms with Gasteiger partial charge in [-0.2, -0.15) is 5.26 Å². The molecule has 0 spiro atoms. The summed E-state index contributed by atoms with van der Waals surface area (Å²) < 4.78 is 5.43. The van der Waals surface area contributed by atoms with Gasteiger partial charge >= 0.3 is 0 Å². The third-order valence-electron chi connectivity index (χ3n) is 4.06. The quantitative estimate of drug-likeness (QED) is 0.553. The smallest absolute Gasteiger partial charge is 0.136 e. The van der Waals surface area contributed by atoms with E-state index in [0.717, 1.165) is 22.7 Å². The van der Waals surface area contributed by atoms with Crippen LogP contribution >= 0.6 is 11.3 Å². The van der Waals surface area contributed by atoms with Crippen molar-refractivity contribution in [1.29, 1.82) is 5.26 Å². The molecule has 5 heteroatoms. The predicted octanol–water partition coefficient (Wildman–Crippen LogP) is 5.80. The standard InChI is InChI=1S/C22H21N3OS/c1-4-26-19-8-6-18(7-9-19)24-13-17(12-23)22-25-21(14-27-22)20-10-5-15(2)11-16(20)3/h5-11,13-14,24H,4H2,1-3H3. The van der Waals surface area contributed by atoms with Gasteiger partial charge in [-0.15, -0.1) is 11.3 Å². The molecule has 1 N–H and O–H groups in total. The highest BCUT2D eigenvalue weighted by atomic mass is 32.1. The van der Waals surface area contributed by atoms with E-state index < -0.39 is 0 Å². The maximum Gasteiger partial charge on any atom is 0.136 e. The van der Waals surface area contributed by atoms with Crippen LogP contribution in [0.4, 0.5) is 5.69 Å². The van der Waals surface area contributed by atoms with Crippen molar-refractivity contribution in [3.05, 3.63) is 70.2 Å². The molecule has 1 heterocycles. The molecular formula is C22H21N3OS. The molecule has 0 aliphatic carbocycles.